The molecule has 4 rings (SSSR count). The van der Waals surface area contributed by atoms with E-state index in [1.165, 1.54) is 16.8 Å². The van der Waals surface area contributed by atoms with Crippen LogP contribution in [0.15, 0.2) is 64.5 Å². The van der Waals surface area contributed by atoms with Gasteiger partial charge in [0.05, 0.1) is 28.1 Å². The molecule has 2 heterocycles. The Morgan fingerprint density at radius 1 is 1.03 bits per heavy atom. The summed E-state index contributed by atoms with van der Waals surface area (Å²) >= 11 is 0. The fraction of sp³-hybridized carbons (Fsp3) is 0.238. The third-order valence-corrected chi connectivity index (χ3v) is 5.14. The molecule has 1 saturated heterocycles. The van der Waals surface area contributed by atoms with Gasteiger partial charge in [-0.1, -0.05) is 30.3 Å². The Kier molecular flexibility index (Phi) is 5.44. The first-order valence-corrected chi connectivity index (χ1v) is 9.65. The fourth-order valence-electron chi connectivity index (χ4n) is 3.35. The number of hydrazone groups is 1. The Bertz CT molecular complexity index is 1110. The van der Waals surface area contributed by atoms with Gasteiger partial charge in [0.15, 0.2) is 0 Å². The summed E-state index contributed by atoms with van der Waals surface area (Å²) in [6.07, 6.45) is 1.61. The Morgan fingerprint density at radius 2 is 1.70 bits per heavy atom. The molecule has 1 aliphatic heterocycles. The van der Waals surface area contributed by atoms with E-state index >= 15 is 0 Å². The molecule has 0 spiro atoms. The van der Waals surface area contributed by atoms with Crippen LogP contribution in [0.1, 0.15) is 5.56 Å². The van der Waals surface area contributed by atoms with Gasteiger partial charge in [-0.3, -0.25) is 25.0 Å². The molecule has 0 amide bonds. The van der Waals surface area contributed by atoms with Crippen molar-refractivity contribution in [1.82, 2.24) is 19.7 Å². The van der Waals surface area contributed by atoms with Crippen molar-refractivity contribution in [2.45, 2.75) is 0 Å². The van der Waals surface area contributed by atoms with Crippen molar-refractivity contribution in [3.05, 3.63) is 80.6 Å². The van der Waals surface area contributed by atoms with E-state index in [4.69, 9.17) is 0 Å². The molecule has 0 unspecified atom stereocenters. The summed E-state index contributed by atoms with van der Waals surface area (Å²) in [6, 6.07) is 15.4. The summed E-state index contributed by atoms with van der Waals surface area (Å²) in [5.74, 6) is 0. The Morgan fingerprint density at radius 3 is 2.33 bits per heavy atom. The zero-order valence-corrected chi connectivity index (χ0v) is 16.6. The van der Waals surface area contributed by atoms with E-state index in [2.05, 4.69) is 22.1 Å². The lowest BCUT2D eigenvalue weighted by Gasteiger charge is -2.30. The lowest BCUT2D eigenvalue weighted by atomic mass is 10.1. The highest BCUT2D eigenvalue weighted by Crippen LogP contribution is 2.21. The number of nitro benzene ring substituents is 1. The van der Waals surface area contributed by atoms with Gasteiger partial charge in [-0.05, 0) is 19.2 Å². The summed E-state index contributed by atoms with van der Waals surface area (Å²) in [5, 5.41) is 20.6. The Labute approximate surface area is 173 Å². The number of aromatic amines is 1. The van der Waals surface area contributed by atoms with Crippen LogP contribution in [0.3, 0.4) is 0 Å². The number of nitrogens with one attached hydrogen (secondary N) is 1. The molecule has 0 radical (unpaired) electrons. The summed E-state index contributed by atoms with van der Waals surface area (Å²) in [7, 11) is 2.07. The SMILES string of the molecule is CN1CCN(/N=C\c2c(-c3ccccc3)[nH]n(-c3ccc([N+](=O)[O-])cc3)c2=O)CC1. The molecule has 1 N–H and O–H groups in total. The zero-order valence-electron chi connectivity index (χ0n) is 16.6. The summed E-state index contributed by atoms with van der Waals surface area (Å²) < 4.78 is 1.39. The van der Waals surface area contributed by atoms with Gasteiger partial charge in [0.2, 0.25) is 0 Å². The standard InChI is InChI=1S/C21H22N6O3/c1-24-11-13-25(14-12-24)22-15-19-20(16-5-3-2-4-6-16)23-26(21(19)28)17-7-9-18(10-8-17)27(29)30/h2-10,15,23H,11-14H2,1H3/b22-15-. The third-order valence-electron chi connectivity index (χ3n) is 5.14. The molecule has 0 atom stereocenters. The van der Waals surface area contributed by atoms with Crippen LogP contribution in [0.25, 0.3) is 16.9 Å². The van der Waals surface area contributed by atoms with Crippen molar-refractivity contribution in [2.24, 2.45) is 5.10 Å². The van der Waals surface area contributed by atoms with Crippen LogP contribution in [0.4, 0.5) is 5.69 Å². The molecule has 0 aliphatic carbocycles. The van der Waals surface area contributed by atoms with Crippen LogP contribution in [0.2, 0.25) is 0 Å². The van der Waals surface area contributed by atoms with Crippen molar-refractivity contribution in [1.29, 1.82) is 0 Å². The maximum Gasteiger partial charge on any atom is 0.280 e. The third kappa shape index (κ3) is 4.01. The summed E-state index contributed by atoms with van der Waals surface area (Å²) in [6.45, 7) is 3.44. The fourth-order valence-corrected chi connectivity index (χ4v) is 3.35. The molecule has 154 valence electrons. The molecule has 9 nitrogen and oxygen atoms in total. The lowest BCUT2D eigenvalue weighted by molar-refractivity contribution is -0.384. The van der Waals surface area contributed by atoms with E-state index in [0.29, 0.717) is 16.9 Å². The minimum absolute atomic E-state index is 0.0292. The second-order valence-electron chi connectivity index (χ2n) is 7.18. The highest BCUT2D eigenvalue weighted by atomic mass is 16.6. The number of hydrogen-bond acceptors (Lipinski definition) is 6. The van der Waals surface area contributed by atoms with E-state index in [-0.39, 0.29) is 11.2 Å². The summed E-state index contributed by atoms with van der Waals surface area (Å²) in [4.78, 5) is 25.9. The number of nitrogens with zero attached hydrogens (tertiary/aromatic N) is 5. The number of non-ortho nitro benzene ring substituents is 1. The van der Waals surface area contributed by atoms with Gasteiger partial charge in [-0.15, -0.1) is 0 Å². The van der Waals surface area contributed by atoms with Gasteiger partial charge in [-0.2, -0.15) is 5.10 Å². The van der Waals surface area contributed by atoms with Crippen LogP contribution in [-0.2, 0) is 0 Å². The average molecular weight is 406 g/mol. The second-order valence-corrected chi connectivity index (χ2v) is 7.18. The molecule has 3 aromatic rings. The predicted molar refractivity (Wildman–Crippen MR) is 115 cm³/mol. The smallest absolute Gasteiger partial charge is 0.280 e. The van der Waals surface area contributed by atoms with Gasteiger partial charge in [-0.25, -0.2) is 4.68 Å². The van der Waals surface area contributed by atoms with Crippen LogP contribution in [0.5, 0.6) is 0 Å². The van der Waals surface area contributed by atoms with Crippen LogP contribution in [-0.4, -0.2) is 64.1 Å². The first kappa shape index (κ1) is 19.6. The van der Waals surface area contributed by atoms with Gasteiger partial charge in [0.1, 0.15) is 0 Å². The molecule has 2 aromatic carbocycles. The normalized spacial score (nSPS) is 15.0. The molecule has 9 heteroatoms. The molecule has 0 bridgehead atoms. The Balaban J connectivity index is 1.74. The zero-order chi connectivity index (χ0) is 21.1. The van der Waals surface area contributed by atoms with Crippen molar-refractivity contribution in [3.8, 4) is 16.9 Å². The van der Waals surface area contributed by atoms with E-state index in [0.717, 1.165) is 31.7 Å². The second kappa shape index (κ2) is 8.34. The number of H-pyrrole nitrogens is 1. The minimum atomic E-state index is -0.467. The quantitative estimate of drug-likeness (QED) is 0.398. The van der Waals surface area contributed by atoms with E-state index < -0.39 is 4.92 Å². The monoisotopic (exact) mass is 406 g/mol. The lowest BCUT2D eigenvalue weighted by Crippen LogP contribution is -2.41. The predicted octanol–water partition coefficient (Wildman–Crippen LogP) is 2.32. The maximum absolute atomic E-state index is 13.2. The molecule has 1 fully saturated rings. The van der Waals surface area contributed by atoms with Gasteiger partial charge in [0, 0.05) is 43.9 Å². The van der Waals surface area contributed by atoms with Crippen molar-refractivity contribution < 1.29 is 4.92 Å². The molecule has 1 aliphatic rings. The number of rotatable bonds is 5. The maximum atomic E-state index is 13.2. The Hall–Kier alpha value is -3.72. The van der Waals surface area contributed by atoms with Crippen LogP contribution >= 0.6 is 0 Å². The number of benzene rings is 2. The molecule has 30 heavy (non-hydrogen) atoms. The van der Waals surface area contributed by atoms with Crippen LogP contribution < -0.4 is 5.56 Å². The highest BCUT2D eigenvalue weighted by Gasteiger charge is 2.17. The van der Waals surface area contributed by atoms with E-state index in [9.17, 15) is 14.9 Å². The average Bonchev–Trinajstić information content (AvgIpc) is 3.10. The van der Waals surface area contributed by atoms with Gasteiger partial charge < -0.3 is 4.90 Å². The van der Waals surface area contributed by atoms with Crippen molar-refractivity contribution in [3.63, 3.8) is 0 Å². The molecular weight excluding hydrogens is 384 g/mol. The minimum Gasteiger partial charge on any atom is -0.303 e. The molecule has 1 aromatic heterocycles. The highest BCUT2D eigenvalue weighted by molar-refractivity contribution is 5.88. The number of piperazine rings is 1. The number of nitro groups is 1. The first-order valence-electron chi connectivity index (χ1n) is 9.65. The van der Waals surface area contributed by atoms with Crippen molar-refractivity contribution >= 4 is 11.9 Å². The van der Waals surface area contributed by atoms with E-state index in [1.54, 1.807) is 18.3 Å². The first-order chi connectivity index (χ1) is 14.5. The van der Waals surface area contributed by atoms with Gasteiger partial charge >= 0.3 is 0 Å². The van der Waals surface area contributed by atoms with Crippen molar-refractivity contribution in [2.75, 3.05) is 33.2 Å². The van der Waals surface area contributed by atoms with Gasteiger partial charge in [0.25, 0.3) is 11.2 Å². The molecule has 0 saturated carbocycles. The largest absolute Gasteiger partial charge is 0.303 e. The number of aromatic nitrogens is 2. The topological polar surface area (TPSA) is 99.8 Å². The number of hydrogen-bond donors (Lipinski definition) is 1. The van der Waals surface area contributed by atoms with Crippen LogP contribution in [0, 0.1) is 10.1 Å². The molecular formula is C21H22N6O3. The number of likely N-dealkylation sites (N-methyl/N-ethyl adjacent to an activating group) is 1. The summed E-state index contributed by atoms with van der Waals surface area (Å²) in [5.41, 5.74) is 2.17. The van der Waals surface area contributed by atoms with E-state index in [1.807, 2.05) is 35.3 Å².